The highest BCUT2D eigenvalue weighted by atomic mass is 16.5. The number of nitrogens with two attached hydrogens (primary N) is 1. The molecule has 0 spiro atoms. The van der Waals surface area contributed by atoms with Crippen molar-refractivity contribution >= 4 is 17.3 Å². The average molecular weight is 286 g/mol. The average Bonchev–Trinajstić information content (AvgIpc) is 2.49. The van der Waals surface area contributed by atoms with E-state index in [0.717, 1.165) is 5.56 Å². The van der Waals surface area contributed by atoms with Gasteiger partial charge in [-0.2, -0.15) is 0 Å². The molecule has 0 radical (unpaired) electrons. The van der Waals surface area contributed by atoms with Crippen molar-refractivity contribution in [2.24, 2.45) is 0 Å². The molecule has 5 heteroatoms. The van der Waals surface area contributed by atoms with Crippen LogP contribution < -0.4 is 20.5 Å². The topological polar surface area (TPSA) is 73.6 Å². The van der Waals surface area contributed by atoms with Crippen molar-refractivity contribution < 1.29 is 14.3 Å². The Bertz CT molecular complexity index is 669. The third-order valence-corrected chi connectivity index (χ3v) is 3.16. The van der Waals surface area contributed by atoms with Gasteiger partial charge in [0.15, 0.2) is 0 Å². The molecule has 1 amide bonds. The van der Waals surface area contributed by atoms with Gasteiger partial charge in [-0.1, -0.05) is 6.07 Å². The molecule has 3 N–H and O–H groups in total. The first kappa shape index (κ1) is 14.7. The van der Waals surface area contributed by atoms with Crippen molar-refractivity contribution in [1.82, 2.24) is 0 Å². The molecule has 21 heavy (non-hydrogen) atoms. The van der Waals surface area contributed by atoms with Crippen LogP contribution in [0.5, 0.6) is 11.5 Å². The summed E-state index contributed by atoms with van der Waals surface area (Å²) in [5.74, 6) is 0.979. The van der Waals surface area contributed by atoms with Crippen LogP contribution in [0, 0.1) is 6.92 Å². The summed E-state index contributed by atoms with van der Waals surface area (Å²) in [6.07, 6.45) is 0. The molecule has 2 aromatic carbocycles. The summed E-state index contributed by atoms with van der Waals surface area (Å²) in [5, 5.41) is 2.80. The van der Waals surface area contributed by atoms with Gasteiger partial charge in [0.25, 0.3) is 5.91 Å². The van der Waals surface area contributed by atoms with Crippen molar-refractivity contribution in [3.05, 3.63) is 47.5 Å². The summed E-state index contributed by atoms with van der Waals surface area (Å²) < 4.78 is 10.4. The predicted octanol–water partition coefficient (Wildman–Crippen LogP) is 2.85. The first-order valence-electron chi connectivity index (χ1n) is 6.44. The molecule has 0 atom stereocenters. The monoisotopic (exact) mass is 286 g/mol. The van der Waals surface area contributed by atoms with E-state index in [1.54, 1.807) is 37.4 Å². The highest BCUT2D eigenvalue weighted by Gasteiger charge is 2.10. The number of aryl methyl sites for hydroxylation is 1. The van der Waals surface area contributed by atoms with Gasteiger partial charge in [-0.3, -0.25) is 4.79 Å². The fraction of sp³-hybridized carbons (Fsp3) is 0.188. The van der Waals surface area contributed by atoms with Crippen LogP contribution in [0.3, 0.4) is 0 Å². The van der Waals surface area contributed by atoms with Crippen LogP contribution in [0.1, 0.15) is 15.9 Å². The maximum Gasteiger partial charge on any atom is 0.255 e. The van der Waals surface area contributed by atoms with Gasteiger partial charge in [-0.15, -0.1) is 0 Å². The third-order valence-electron chi connectivity index (χ3n) is 3.16. The Morgan fingerprint density at radius 1 is 1.05 bits per heavy atom. The maximum atomic E-state index is 12.2. The zero-order valence-electron chi connectivity index (χ0n) is 12.3. The van der Waals surface area contributed by atoms with Gasteiger partial charge >= 0.3 is 0 Å². The minimum atomic E-state index is -0.222. The number of anilines is 2. The molecule has 110 valence electrons. The van der Waals surface area contributed by atoms with Gasteiger partial charge in [-0.05, 0) is 36.8 Å². The molecule has 0 aliphatic rings. The van der Waals surface area contributed by atoms with E-state index >= 15 is 0 Å². The number of rotatable bonds is 4. The lowest BCUT2D eigenvalue weighted by Crippen LogP contribution is -2.12. The Hall–Kier alpha value is -2.69. The standard InChI is InChI=1S/C16H18N2O3/c1-10-4-5-11(8-14(10)20-2)16(19)18-12-6-7-13(17)15(9-12)21-3/h4-9H,17H2,1-3H3,(H,18,19). The van der Waals surface area contributed by atoms with Crippen LogP contribution in [-0.4, -0.2) is 20.1 Å². The molecule has 0 fully saturated rings. The van der Waals surface area contributed by atoms with Gasteiger partial charge in [0.05, 0.1) is 19.9 Å². The van der Waals surface area contributed by atoms with E-state index in [0.29, 0.717) is 28.4 Å². The first-order valence-corrected chi connectivity index (χ1v) is 6.44. The van der Waals surface area contributed by atoms with E-state index in [-0.39, 0.29) is 5.91 Å². The van der Waals surface area contributed by atoms with Crippen molar-refractivity contribution in [3.8, 4) is 11.5 Å². The molecule has 0 heterocycles. The van der Waals surface area contributed by atoms with E-state index in [9.17, 15) is 4.79 Å². The van der Waals surface area contributed by atoms with Gasteiger partial charge in [-0.25, -0.2) is 0 Å². The molecule has 0 saturated carbocycles. The molecule has 0 unspecified atom stereocenters. The van der Waals surface area contributed by atoms with Crippen molar-refractivity contribution in [3.63, 3.8) is 0 Å². The summed E-state index contributed by atoms with van der Waals surface area (Å²) in [6.45, 7) is 1.92. The SMILES string of the molecule is COc1cc(C(=O)Nc2ccc(N)c(OC)c2)ccc1C. The summed E-state index contributed by atoms with van der Waals surface area (Å²) >= 11 is 0. The van der Waals surface area contributed by atoms with Crippen LogP contribution in [0.15, 0.2) is 36.4 Å². The quantitative estimate of drug-likeness (QED) is 0.848. The zero-order chi connectivity index (χ0) is 15.4. The molecule has 0 bridgehead atoms. The van der Waals surface area contributed by atoms with E-state index in [2.05, 4.69) is 5.32 Å². The molecular formula is C16H18N2O3. The van der Waals surface area contributed by atoms with E-state index in [1.807, 2.05) is 13.0 Å². The largest absolute Gasteiger partial charge is 0.496 e. The fourth-order valence-electron chi connectivity index (χ4n) is 1.95. The van der Waals surface area contributed by atoms with E-state index in [4.69, 9.17) is 15.2 Å². The predicted molar refractivity (Wildman–Crippen MR) is 83.1 cm³/mol. The number of nitrogens with one attached hydrogen (secondary N) is 1. The second-order valence-electron chi connectivity index (χ2n) is 4.60. The van der Waals surface area contributed by atoms with Crippen molar-refractivity contribution in [2.75, 3.05) is 25.3 Å². The number of amides is 1. The Morgan fingerprint density at radius 3 is 2.43 bits per heavy atom. The number of ether oxygens (including phenoxy) is 2. The van der Waals surface area contributed by atoms with Crippen molar-refractivity contribution in [2.45, 2.75) is 6.92 Å². The molecule has 0 aliphatic carbocycles. The number of hydrogen-bond donors (Lipinski definition) is 2. The fourth-order valence-corrected chi connectivity index (χ4v) is 1.95. The normalized spacial score (nSPS) is 10.0. The molecule has 2 aromatic rings. The molecule has 5 nitrogen and oxygen atoms in total. The summed E-state index contributed by atoms with van der Waals surface area (Å²) in [4.78, 5) is 12.2. The number of nitrogen functional groups attached to an aromatic ring is 1. The molecule has 0 aliphatic heterocycles. The maximum absolute atomic E-state index is 12.2. The number of benzene rings is 2. The third kappa shape index (κ3) is 3.25. The van der Waals surface area contributed by atoms with Gasteiger partial charge in [0, 0.05) is 17.3 Å². The van der Waals surface area contributed by atoms with Gasteiger partial charge in [0.2, 0.25) is 0 Å². The Labute approximate surface area is 123 Å². The Balaban J connectivity index is 2.21. The molecular weight excluding hydrogens is 268 g/mol. The van der Waals surface area contributed by atoms with E-state index < -0.39 is 0 Å². The van der Waals surface area contributed by atoms with Gasteiger partial charge < -0.3 is 20.5 Å². The zero-order valence-corrected chi connectivity index (χ0v) is 12.3. The Morgan fingerprint density at radius 2 is 1.76 bits per heavy atom. The number of hydrogen-bond acceptors (Lipinski definition) is 4. The highest BCUT2D eigenvalue weighted by Crippen LogP contribution is 2.26. The van der Waals surface area contributed by atoms with Crippen LogP contribution in [-0.2, 0) is 0 Å². The number of carbonyl (C=O) groups excluding carboxylic acids is 1. The Kier molecular flexibility index (Phi) is 4.33. The van der Waals surface area contributed by atoms with Crippen LogP contribution in [0.25, 0.3) is 0 Å². The summed E-state index contributed by atoms with van der Waals surface area (Å²) in [5.41, 5.74) is 8.38. The van der Waals surface area contributed by atoms with Crippen LogP contribution >= 0.6 is 0 Å². The second-order valence-corrected chi connectivity index (χ2v) is 4.60. The lowest BCUT2D eigenvalue weighted by atomic mass is 10.1. The second kappa shape index (κ2) is 6.17. The number of methoxy groups -OCH3 is 2. The molecule has 2 rings (SSSR count). The minimum Gasteiger partial charge on any atom is -0.496 e. The highest BCUT2D eigenvalue weighted by molar-refractivity contribution is 6.04. The van der Waals surface area contributed by atoms with Crippen LogP contribution in [0.4, 0.5) is 11.4 Å². The smallest absolute Gasteiger partial charge is 0.255 e. The lowest BCUT2D eigenvalue weighted by molar-refractivity contribution is 0.102. The van der Waals surface area contributed by atoms with E-state index in [1.165, 1.54) is 7.11 Å². The minimum absolute atomic E-state index is 0.222. The summed E-state index contributed by atoms with van der Waals surface area (Å²) in [7, 11) is 3.11. The summed E-state index contributed by atoms with van der Waals surface area (Å²) in [6, 6.07) is 10.4. The molecule has 0 aromatic heterocycles. The van der Waals surface area contributed by atoms with Gasteiger partial charge in [0.1, 0.15) is 11.5 Å². The lowest BCUT2D eigenvalue weighted by Gasteiger charge is -2.10. The first-order chi connectivity index (χ1) is 10.0. The molecule has 0 saturated heterocycles. The van der Waals surface area contributed by atoms with Crippen molar-refractivity contribution in [1.29, 1.82) is 0 Å². The number of carbonyl (C=O) groups is 1. The van der Waals surface area contributed by atoms with Crippen LogP contribution in [0.2, 0.25) is 0 Å².